The third kappa shape index (κ3) is 6.68. The summed E-state index contributed by atoms with van der Waals surface area (Å²) in [6.07, 6.45) is 3.79. The predicted octanol–water partition coefficient (Wildman–Crippen LogP) is 0.390. The van der Waals surface area contributed by atoms with Crippen molar-refractivity contribution in [2.24, 2.45) is 0 Å². The molecule has 1 heterocycles. The normalized spacial score (nSPS) is 22.2. The van der Waals surface area contributed by atoms with Gasteiger partial charge in [-0.1, -0.05) is 6.92 Å². The third-order valence-electron chi connectivity index (χ3n) is 3.16. The van der Waals surface area contributed by atoms with E-state index in [1.165, 1.54) is 0 Å². The molecule has 0 aliphatic carbocycles. The fourth-order valence-corrected chi connectivity index (χ4v) is 3.61. The number of piperidine rings is 1. The van der Waals surface area contributed by atoms with Crippen molar-refractivity contribution in [3.8, 4) is 0 Å². The van der Waals surface area contributed by atoms with Crippen molar-refractivity contribution in [1.29, 1.82) is 0 Å². The molecule has 0 aromatic rings. The second-order valence-corrected chi connectivity index (χ2v) is 7.02. The number of nitrogens with zero attached hydrogens (tertiary/aromatic N) is 1. The Bertz CT molecular complexity index is 319. The average molecular weight is 277 g/mol. The van der Waals surface area contributed by atoms with Gasteiger partial charge in [0.1, 0.15) is 0 Å². The highest BCUT2D eigenvalue weighted by atomic mass is 32.2. The number of nitrogens with one attached hydrogen (secondary N) is 2. The van der Waals surface area contributed by atoms with Crippen molar-refractivity contribution in [1.82, 2.24) is 14.9 Å². The molecule has 5 nitrogen and oxygen atoms in total. The van der Waals surface area contributed by atoms with E-state index in [0.29, 0.717) is 6.42 Å². The molecule has 18 heavy (non-hydrogen) atoms. The van der Waals surface area contributed by atoms with E-state index in [1.54, 1.807) is 0 Å². The van der Waals surface area contributed by atoms with E-state index in [1.807, 2.05) is 7.05 Å². The Morgan fingerprint density at radius 3 is 2.78 bits per heavy atom. The van der Waals surface area contributed by atoms with Gasteiger partial charge in [0, 0.05) is 12.6 Å². The first-order chi connectivity index (χ1) is 8.53. The summed E-state index contributed by atoms with van der Waals surface area (Å²) in [4.78, 5) is 2.18. The van der Waals surface area contributed by atoms with Gasteiger partial charge in [-0.2, -0.15) is 0 Å². The molecule has 0 amide bonds. The first-order valence-corrected chi connectivity index (χ1v) is 8.58. The molecule has 108 valence electrons. The maximum atomic E-state index is 11.9. The molecule has 1 unspecified atom stereocenters. The predicted molar refractivity (Wildman–Crippen MR) is 75.2 cm³/mol. The number of hydrogen-bond acceptors (Lipinski definition) is 4. The number of likely N-dealkylation sites (tertiary alicyclic amines) is 1. The Balaban J connectivity index is 2.22. The molecule has 1 aliphatic rings. The molecule has 0 aromatic carbocycles. The topological polar surface area (TPSA) is 61.4 Å². The molecular formula is C12H27N3O2S. The Hall–Kier alpha value is -0.170. The summed E-state index contributed by atoms with van der Waals surface area (Å²) in [6.45, 7) is 5.73. The standard InChI is InChI=1S/C12H27N3O2S/c1-3-7-13-8-5-10-18(16,17)14-12-6-4-9-15(2)11-12/h12-14H,3-11H2,1-2H3. The van der Waals surface area contributed by atoms with Gasteiger partial charge in [-0.3, -0.25) is 0 Å². The maximum absolute atomic E-state index is 11.9. The van der Waals surface area contributed by atoms with Crippen molar-refractivity contribution >= 4 is 10.0 Å². The van der Waals surface area contributed by atoms with Crippen LogP contribution in [0.15, 0.2) is 0 Å². The van der Waals surface area contributed by atoms with E-state index >= 15 is 0 Å². The highest BCUT2D eigenvalue weighted by molar-refractivity contribution is 7.89. The van der Waals surface area contributed by atoms with Gasteiger partial charge in [0.15, 0.2) is 0 Å². The minimum atomic E-state index is -3.11. The van der Waals surface area contributed by atoms with Gasteiger partial charge in [0.2, 0.25) is 10.0 Å². The van der Waals surface area contributed by atoms with Crippen LogP contribution in [0, 0.1) is 0 Å². The lowest BCUT2D eigenvalue weighted by molar-refractivity contribution is 0.242. The van der Waals surface area contributed by atoms with E-state index in [0.717, 1.165) is 45.4 Å². The summed E-state index contributed by atoms with van der Waals surface area (Å²) in [6, 6.07) is 0.0948. The Labute approximate surface area is 111 Å². The largest absolute Gasteiger partial charge is 0.317 e. The number of sulfonamides is 1. The molecule has 1 rings (SSSR count). The molecule has 0 spiro atoms. The van der Waals surface area contributed by atoms with E-state index in [9.17, 15) is 8.42 Å². The van der Waals surface area contributed by atoms with Crippen LogP contribution >= 0.6 is 0 Å². The molecule has 0 radical (unpaired) electrons. The third-order valence-corrected chi connectivity index (χ3v) is 4.68. The highest BCUT2D eigenvalue weighted by Gasteiger charge is 2.21. The molecule has 1 aliphatic heterocycles. The monoisotopic (exact) mass is 277 g/mol. The zero-order valence-corrected chi connectivity index (χ0v) is 12.4. The van der Waals surface area contributed by atoms with Crippen LogP contribution in [-0.2, 0) is 10.0 Å². The first-order valence-electron chi connectivity index (χ1n) is 6.93. The molecule has 1 atom stereocenters. The fraction of sp³-hybridized carbons (Fsp3) is 1.00. The Kier molecular flexibility index (Phi) is 7.14. The summed E-state index contributed by atoms with van der Waals surface area (Å²) < 4.78 is 26.6. The maximum Gasteiger partial charge on any atom is 0.211 e. The molecule has 0 saturated carbocycles. The number of rotatable bonds is 8. The first kappa shape index (κ1) is 15.9. The smallest absolute Gasteiger partial charge is 0.211 e. The van der Waals surface area contributed by atoms with Crippen LogP contribution in [0.4, 0.5) is 0 Å². The number of likely N-dealkylation sites (N-methyl/N-ethyl adjacent to an activating group) is 1. The Morgan fingerprint density at radius 2 is 2.11 bits per heavy atom. The zero-order valence-electron chi connectivity index (χ0n) is 11.6. The van der Waals surface area contributed by atoms with Gasteiger partial charge >= 0.3 is 0 Å². The van der Waals surface area contributed by atoms with Gasteiger partial charge in [-0.15, -0.1) is 0 Å². The summed E-state index contributed by atoms with van der Waals surface area (Å²) in [5, 5.41) is 3.22. The fourth-order valence-electron chi connectivity index (χ4n) is 2.26. The molecule has 0 aromatic heterocycles. The van der Waals surface area contributed by atoms with Crippen molar-refractivity contribution in [3.63, 3.8) is 0 Å². The highest BCUT2D eigenvalue weighted by Crippen LogP contribution is 2.09. The van der Waals surface area contributed by atoms with Gasteiger partial charge in [-0.05, 0) is 52.4 Å². The van der Waals surface area contributed by atoms with Crippen LogP contribution in [0.3, 0.4) is 0 Å². The second-order valence-electron chi connectivity index (χ2n) is 5.14. The minimum Gasteiger partial charge on any atom is -0.317 e. The van der Waals surface area contributed by atoms with Crippen LogP contribution < -0.4 is 10.0 Å². The molecule has 1 saturated heterocycles. The minimum absolute atomic E-state index is 0.0948. The quantitative estimate of drug-likeness (QED) is 0.630. The zero-order chi connectivity index (χ0) is 13.4. The van der Waals surface area contributed by atoms with E-state index in [4.69, 9.17) is 0 Å². The van der Waals surface area contributed by atoms with Crippen molar-refractivity contribution in [2.75, 3.05) is 39.0 Å². The van der Waals surface area contributed by atoms with E-state index in [-0.39, 0.29) is 11.8 Å². The Morgan fingerprint density at radius 1 is 1.33 bits per heavy atom. The lowest BCUT2D eigenvalue weighted by Crippen LogP contribution is -2.46. The van der Waals surface area contributed by atoms with Crippen LogP contribution in [0.1, 0.15) is 32.6 Å². The van der Waals surface area contributed by atoms with Crippen molar-refractivity contribution in [3.05, 3.63) is 0 Å². The molecule has 0 bridgehead atoms. The SMILES string of the molecule is CCCNCCCS(=O)(=O)NC1CCCN(C)C1. The van der Waals surface area contributed by atoms with Crippen LogP contribution in [0.2, 0.25) is 0 Å². The van der Waals surface area contributed by atoms with Crippen LogP contribution in [-0.4, -0.2) is 58.3 Å². The van der Waals surface area contributed by atoms with Gasteiger partial charge in [-0.25, -0.2) is 13.1 Å². The second kappa shape index (κ2) is 8.09. The van der Waals surface area contributed by atoms with Gasteiger partial charge < -0.3 is 10.2 Å². The van der Waals surface area contributed by atoms with Gasteiger partial charge in [0.05, 0.1) is 5.75 Å². The lowest BCUT2D eigenvalue weighted by atomic mass is 10.1. The summed E-state index contributed by atoms with van der Waals surface area (Å²) in [7, 11) is -1.07. The van der Waals surface area contributed by atoms with E-state index < -0.39 is 10.0 Å². The average Bonchev–Trinajstić information content (AvgIpc) is 2.28. The molecule has 1 fully saturated rings. The van der Waals surface area contributed by atoms with Gasteiger partial charge in [0.25, 0.3) is 0 Å². The van der Waals surface area contributed by atoms with E-state index in [2.05, 4.69) is 21.9 Å². The molecule has 6 heteroatoms. The lowest BCUT2D eigenvalue weighted by Gasteiger charge is -2.29. The van der Waals surface area contributed by atoms with Crippen LogP contribution in [0.25, 0.3) is 0 Å². The molecular weight excluding hydrogens is 250 g/mol. The van der Waals surface area contributed by atoms with Crippen LogP contribution in [0.5, 0.6) is 0 Å². The summed E-state index contributed by atoms with van der Waals surface area (Å²) in [5.41, 5.74) is 0. The van der Waals surface area contributed by atoms with Crippen molar-refractivity contribution < 1.29 is 8.42 Å². The van der Waals surface area contributed by atoms with Crippen molar-refractivity contribution in [2.45, 2.75) is 38.6 Å². The molecule has 2 N–H and O–H groups in total. The number of hydrogen-bond donors (Lipinski definition) is 2. The summed E-state index contributed by atoms with van der Waals surface area (Å²) >= 11 is 0. The summed E-state index contributed by atoms with van der Waals surface area (Å²) in [5.74, 6) is 0.226.